The molecular formula is C19H26N2O3. The van der Waals surface area contributed by atoms with Gasteiger partial charge in [0.2, 0.25) is 5.91 Å². The third-order valence-corrected chi connectivity index (χ3v) is 4.65. The van der Waals surface area contributed by atoms with Crippen LogP contribution in [0.5, 0.6) is 0 Å². The summed E-state index contributed by atoms with van der Waals surface area (Å²) in [5.41, 5.74) is 1.82. The van der Waals surface area contributed by atoms with Gasteiger partial charge in [-0.05, 0) is 51.7 Å². The van der Waals surface area contributed by atoms with Gasteiger partial charge in [-0.2, -0.15) is 0 Å². The molecule has 5 nitrogen and oxygen atoms in total. The SMILES string of the molecule is CC(C)(C)OC(=O)N1CCC(C(=O)N2CCc3ccccc32)CC1. The van der Waals surface area contributed by atoms with Crippen molar-refractivity contribution in [2.24, 2.45) is 5.92 Å². The highest BCUT2D eigenvalue weighted by atomic mass is 16.6. The summed E-state index contributed by atoms with van der Waals surface area (Å²) in [6.45, 7) is 7.54. The summed E-state index contributed by atoms with van der Waals surface area (Å²) in [5, 5.41) is 0. The molecule has 1 saturated heterocycles. The highest BCUT2D eigenvalue weighted by Crippen LogP contribution is 2.31. The van der Waals surface area contributed by atoms with Gasteiger partial charge in [0.15, 0.2) is 0 Å². The Labute approximate surface area is 143 Å². The standard InChI is InChI=1S/C19H26N2O3/c1-19(2,3)24-18(23)20-11-8-15(9-12-20)17(22)21-13-10-14-6-4-5-7-16(14)21/h4-7,15H,8-13H2,1-3H3. The van der Waals surface area contributed by atoms with Gasteiger partial charge in [0.25, 0.3) is 0 Å². The predicted octanol–water partition coefficient (Wildman–Crippen LogP) is 3.22. The number of hydrogen-bond donors (Lipinski definition) is 0. The fourth-order valence-electron chi connectivity index (χ4n) is 3.42. The largest absolute Gasteiger partial charge is 0.444 e. The number of likely N-dealkylation sites (tertiary alicyclic amines) is 1. The Kier molecular flexibility index (Phi) is 4.52. The molecule has 0 aromatic heterocycles. The van der Waals surface area contributed by atoms with Crippen LogP contribution in [0.4, 0.5) is 10.5 Å². The van der Waals surface area contributed by atoms with Crippen molar-refractivity contribution in [3.05, 3.63) is 29.8 Å². The molecule has 0 bridgehead atoms. The lowest BCUT2D eigenvalue weighted by Gasteiger charge is -2.34. The molecule has 0 spiro atoms. The molecule has 24 heavy (non-hydrogen) atoms. The molecule has 0 saturated carbocycles. The minimum absolute atomic E-state index is 0.00478. The summed E-state index contributed by atoms with van der Waals surface area (Å²) >= 11 is 0. The van der Waals surface area contributed by atoms with Gasteiger partial charge in [-0.3, -0.25) is 4.79 Å². The smallest absolute Gasteiger partial charge is 0.410 e. The van der Waals surface area contributed by atoms with Gasteiger partial charge in [-0.1, -0.05) is 18.2 Å². The van der Waals surface area contributed by atoms with Gasteiger partial charge >= 0.3 is 6.09 Å². The molecule has 0 aliphatic carbocycles. The fraction of sp³-hybridized carbons (Fsp3) is 0.579. The number of carbonyl (C=O) groups is 2. The number of anilines is 1. The molecule has 1 fully saturated rings. The van der Waals surface area contributed by atoms with E-state index in [1.165, 1.54) is 5.56 Å². The summed E-state index contributed by atoms with van der Waals surface area (Å²) < 4.78 is 5.41. The van der Waals surface area contributed by atoms with Crippen LogP contribution in [0.1, 0.15) is 39.2 Å². The van der Waals surface area contributed by atoms with Crippen molar-refractivity contribution < 1.29 is 14.3 Å². The van der Waals surface area contributed by atoms with Gasteiger partial charge in [0.05, 0.1) is 0 Å². The summed E-state index contributed by atoms with van der Waals surface area (Å²) in [5.74, 6) is 0.193. The molecule has 0 radical (unpaired) electrons. The quantitative estimate of drug-likeness (QED) is 0.794. The van der Waals surface area contributed by atoms with Crippen molar-refractivity contribution in [3.8, 4) is 0 Å². The summed E-state index contributed by atoms with van der Waals surface area (Å²) in [6, 6.07) is 8.12. The van der Waals surface area contributed by atoms with E-state index in [2.05, 4.69) is 6.07 Å². The molecular weight excluding hydrogens is 304 g/mol. The number of amides is 2. The van der Waals surface area contributed by atoms with Crippen molar-refractivity contribution in [2.45, 2.75) is 45.6 Å². The first-order chi connectivity index (χ1) is 11.3. The van der Waals surface area contributed by atoms with E-state index in [1.807, 2.05) is 43.9 Å². The van der Waals surface area contributed by atoms with Crippen LogP contribution in [0.15, 0.2) is 24.3 Å². The van der Waals surface area contributed by atoms with Crippen LogP contribution in [-0.2, 0) is 16.0 Å². The molecule has 2 amide bonds. The fourth-order valence-corrected chi connectivity index (χ4v) is 3.42. The van der Waals surface area contributed by atoms with E-state index in [9.17, 15) is 9.59 Å². The minimum atomic E-state index is -0.483. The lowest BCUT2D eigenvalue weighted by Crippen LogP contribution is -2.45. The third-order valence-electron chi connectivity index (χ3n) is 4.65. The number of carbonyl (C=O) groups excluding carboxylic acids is 2. The first-order valence-corrected chi connectivity index (χ1v) is 8.72. The summed E-state index contributed by atoms with van der Waals surface area (Å²) in [4.78, 5) is 28.6. The third kappa shape index (κ3) is 3.55. The molecule has 5 heteroatoms. The second-order valence-corrected chi connectivity index (χ2v) is 7.61. The second kappa shape index (κ2) is 6.46. The molecule has 3 rings (SSSR count). The molecule has 2 heterocycles. The molecule has 0 unspecified atom stereocenters. The molecule has 1 aromatic carbocycles. The highest BCUT2D eigenvalue weighted by Gasteiger charge is 2.34. The van der Waals surface area contributed by atoms with E-state index in [1.54, 1.807) is 4.90 Å². The zero-order valence-corrected chi connectivity index (χ0v) is 14.7. The summed E-state index contributed by atoms with van der Waals surface area (Å²) in [6.07, 6.45) is 2.06. The number of hydrogen-bond acceptors (Lipinski definition) is 3. The molecule has 1 aromatic rings. The molecule has 0 N–H and O–H groups in total. The van der Waals surface area contributed by atoms with Crippen molar-refractivity contribution in [1.29, 1.82) is 0 Å². The molecule has 2 aliphatic heterocycles. The lowest BCUT2D eigenvalue weighted by atomic mass is 9.95. The maximum Gasteiger partial charge on any atom is 0.410 e. The number of para-hydroxylation sites is 1. The first kappa shape index (κ1) is 16.8. The Bertz CT molecular complexity index is 628. The van der Waals surface area contributed by atoms with Crippen molar-refractivity contribution in [2.75, 3.05) is 24.5 Å². The molecule has 0 atom stereocenters. The number of ether oxygens (including phenoxy) is 1. The number of piperidine rings is 1. The Morgan fingerprint density at radius 3 is 2.42 bits per heavy atom. The van der Waals surface area contributed by atoms with Gasteiger partial charge in [0.1, 0.15) is 5.60 Å². The Morgan fingerprint density at radius 1 is 1.08 bits per heavy atom. The minimum Gasteiger partial charge on any atom is -0.444 e. The van der Waals surface area contributed by atoms with Crippen LogP contribution in [0.3, 0.4) is 0 Å². The van der Waals surface area contributed by atoms with E-state index in [0.717, 1.165) is 18.7 Å². The van der Waals surface area contributed by atoms with E-state index in [0.29, 0.717) is 25.9 Å². The Morgan fingerprint density at radius 2 is 1.75 bits per heavy atom. The zero-order chi connectivity index (χ0) is 17.3. The van der Waals surface area contributed by atoms with Crippen molar-refractivity contribution in [3.63, 3.8) is 0 Å². The lowest BCUT2D eigenvalue weighted by molar-refractivity contribution is -0.123. The van der Waals surface area contributed by atoms with Gasteiger partial charge < -0.3 is 14.5 Å². The Balaban J connectivity index is 1.58. The van der Waals surface area contributed by atoms with Gasteiger partial charge in [0, 0.05) is 31.2 Å². The van der Waals surface area contributed by atoms with E-state index < -0.39 is 5.60 Å². The Hall–Kier alpha value is -2.04. The average molecular weight is 330 g/mol. The van der Waals surface area contributed by atoms with E-state index in [-0.39, 0.29) is 17.9 Å². The monoisotopic (exact) mass is 330 g/mol. The van der Waals surface area contributed by atoms with Crippen LogP contribution >= 0.6 is 0 Å². The summed E-state index contributed by atoms with van der Waals surface area (Å²) in [7, 11) is 0. The van der Waals surface area contributed by atoms with Crippen molar-refractivity contribution in [1.82, 2.24) is 4.90 Å². The number of nitrogens with zero attached hydrogens (tertiary/aromatic N) is 2. The number of benzene rings is 1. The first-order valence-electron chi connectivity index (χ1n) is 8.72. The van der Waals surface area contributed by atoms with Crippen LogP contribution < -0.4 is 4.90 Å². The van der Waals surface area contributed by atoms with E-state index in [4.69, 9.17) is 4.74 Å². The van der Waals surface area contributed by atoms with Crippen molar-refractivity contribution >= 4 is 17.7 Å². The number of rotatable bonds is 1. The van der Waals surface area contributed by atoms with Gasteiger partial charge in [-0.15, -0.1) is 0 Å². The van der Waals surface area contributed by atoms with Crippen LogP contribution in [-0.4, -0.2) is 42.1 Å². The topological polar surface area (TPSA) is 49.9 Å². The zero-order valence-electron chi connectivity index (χ0n) is 14.7. The second-order valence-electron chi connectivity index (χ2n) is 7.61. The van der Waals surface area contributed by atoms with Crippen LogP contribution in [0, 0.1) is 5.92 Å². The van der Waals surface area contributed by atoms with Crippen LogP contribution in [0.25, 0.3) is 0 Å². The normalized spacial score (nSPS) is 18.5. The van der Waals surface area contributed by atoms with E-state index >= 15 is 0 Å². The van der Waals surface area contributed by atoms with Crippen LogP contribution in [0.2, 0.25) is 0 Å². The molecule has 2 aliphatic rings. The maximum absolute atomic E-state index is 12.9. The average Bonchev–Trinajstić information content (AvgIpc) is 2.97. The van der Waals surface area contributed by atoms with Gasteiger partial charge in [-0.25, -0.2) is 4.79 Å². The number of fused-ring (bicyclic) bond motifs is 1. The highest BCUT2D eigenvalue weighted by molar-refractivity contribution is 5.97. The maximum atomic E-state index is 12.9. The predicted molar refractivity (Wildman–Crippen MR) is 93.0 cm³/mol. The molecule has 130 valence electrons.